The van der Waals surface area contributed by atoms with Gasteiger partial charge in [0.1, 0.15) is 30.5 Å². The van der Waals surface area contributed by atoms with Gasteiger partial charge >= 0.3 is 16.4 Å². The van der Waals surface area contributed by atoms with E-state index in [0.29, 0.717) is 13.0 Å². The fraction of sp³-hybridized carbons (Fsp3) is 0.740. The summed E-state index contributed by atoms with van der Waals surface area (Å²) in [5.41, 5.74) is 0. The van der Waals surface area contributed by atoms with Gasteiger partial charge in [0.05, 0.1) is 19.8 Å². The van der Waals surface area contributed by atoms with Gasteiger partial charge < -0.3 is 34.3 Å². The van der Waals surface area contributed by atoms with Crippen LogP contribution in [0.25, 0.3) is 0 Å². The summed E-state index contributed by atoms with van der Waals surface area (Å²) in [4.78, 5) is 12.9. The lowest BCUT2D eigenvalue weighted by Gasteiger charge is -2.41. The van der Waals surface area contributed by atoms with E-state index in [4.69, 9.17) is 18.9 Å². The fourth-order valence-corrected chi connectivity index (χ4v) is 7.44. The predicted molar refractivity (Wildman–Crippen MR) is 252 cm³/mol. The van der Waals surface area contributed by atoms with Crippen LogP contribution in [0.1, 0.15) is 174 Å². The molecule has 1 saturated heterocycles. The third-order valence-electron chi connectivity index (χ3n) is 10.6. The van der Waals surface area contributed by atoms with E-state index in [1.54, 1.807) is 0 Å². The van der Waals surface area contributed by atoms with Crippen molar-refractivity contribution in [1.82, 2.24) is 0 Å². The van der Waals surface area contributed by atoms with Gasteiger partial charge in [0.25, 0.3) is 0 Å². The van der Waals surface area contributed by atoms with Gasteiger partial charge in [-0.25, -0.2) is 4.18 Å². The first-order valence-electron chi connectivity index (χ1n) is 24.2. The summed E-state index contributed by atoms with van der Waals surface area (Å²) in [6, 6.07) is 0. The molecule has 0 aliphatic carbocycles. The molecule has 364 valence electrons. The van der Waals surface area contributed by atoms with Crippen molar-refractivity contribution in [3.8, 4) is 0 Å². The Bertz CT molecular complexity index is 1370. The summed E-state index contributed by atoms with van der Waals surface area (Å²) in [6.07, 6.45) is 43.6. The second-order valence-electron chi connectivity index (χ2n) is 16.3. The molecule has 6 unspecified atom stereocenters. The first-order chi connectivity index (χ1) is 30.6. The lowest BCUT2D eigenvalue weighted by atomic mass is 9.99. The number of carbonyl (C=O) groups is 1. The summed E-state index contributed by atoms with van der Waals surface area (Å²) >= 11 is 0. The van der Waals surface area contributed by atoms with E-state index in [0.717, 1.165) is 83.5 Å². The minimum absolute atomic E-state index is 0.0181. The number of esters is 1. The maximum Gasteiger partial charge on any atom is 0.397 e. The van der Waals surface area contributed by atoms with Crippen molar-refractivity contribution in [2.45, 2.75) is 211 Å². The minimum atomic E-state index is -5.07. The Morgan fingerprint density at radius 3 is 1.60 bits per heavy atom. The van der Waals surface area contributed by atoms with Crippen LogP contribution < -0.4 is 0 Å². The van der Waals surface area contributed by atoms with E-state index in [1.807, 2.05) is 0 Å². The van der Waals surface area contributed by atoms with Crippen LogP contribution in [0.15, 0.2) is 72.9 Å². The van der Waals surface area contributed by atoms with E-state index in [9.17, 15) is 33.1 Å². The zero-order chi connectivity index (χ0) is 46.1. The molecule has 0 spiro atoms. The number of ether oxygens (including phenoxy) is 4. The molecule has 6 atom stereocenters. The Kier molecular flexibility index (Phi) is 38.1. The largest absolute Gasteiger partial charge is 0.457 e. The van der Waals surface area contributed by atoms with Crippen molar-refractivity contribution in [3.63, 3.8) is 0 Å². The number of aliphatic hydroxyl groups is 3. The average Bonchev–Trinajstić information content (AvgIpc) is 3.26. The number of hydrogen-bond donors (Lipinski definition) is 4. The van der Waals surface area contributed by atoms with Gasteiger partial charge in [-0.15, -0.1) is 0 Å². The Labute approximate surface area is 381 Å². The van der Waals surface area contributed by atoms with Crippen molar-refractivity contribution in [2.24, 2.45) is 0 Å². The van der Waals surface area contributed by atoms with Crippen molar-refractivity contribution in [3.05, 3.63) is 72.9 Å². The quantitative estimate of drug-likeness (QED) is 0.0198. The average molecular weight is 911 g/mol. The number of allylic oxidation sites excluding steroid dienone is 12. The molecule has 0 radical (unpaired) electrons. The van der Waals surface area contributed by atoms with Crippen molar-refractivity contribution >= 4 is 16.4 Å². The van der Waals surface area contributed by atoms with Crippen LogP contribution in [0.5, 0.6) is 0 Å². The Morgan fingerprint density at radius 2 is 1.10 bits per heavy atom. The third kappa shape index (κ3) is 34.5. The molecule has 0 aromatic heterocycles. The highest BCUT2D eigenvalue weighted by atomic mass is 32.3. The maximum absolute atomic E-state index is 12.9. The summed E-state index contributed by atoms with van der Waals surface area (Å²) in [6.45, 7) is 3.81. The minimum Gasteiger partial charge on any atom is -0.457 e. The normalized spacial score (nSPS) is 20.5. The lowest BCUT2D eigenvalue weighted by molar-refractivity contribution is -0.301. The molecule has 1 rings (SSSR count). The van der Waals surface area contributed by atoms with E-state index in [2.05, 4.69) is 90.9 Å². The van der Waals surface area contributed by atoms with E-state index < -0.39 is 59.8 Å². The number of hydrogen-bond acceptors (Lipinski definition) is 11. The standard InChI is InChI=1S/C50H86O12S/c1-3-5-7-9-11-13-15-17-19-21-22-24-26-28-30-32-34-36-38-40-58-42-44(43-59-50-48(54)49(62-63(55,56)57)47(53)45(41-51)61-50)60-46(52)39-37-35-33-31-29-27-25-23-20-18-16-14-12-10-8-6-4-2/h6,8,12-15,18-21,25,27,44-45,47-51,53-54H,3-5,7,9-11,16-17,22-24,26,28-43H2,1-2H3,(H,55,56,57)/b8-6-,14-12-,15-13-,20-18-,21-19-,27-25-. The van der Waals surface area contributed by atoms with Gasteiger partial charge in [-0.1, -0.05) is 157 Å². The third-order valence-corrected chi connectivity index (χ3v) is 11.0. The highest BCUT2D eigenvalue weighted by molar-refractivity contribution is 7.80. The van der Waals surface area contributed by atoms with Gasteiger partial charge in [-0.05, 0) is 83.5 Å². The Morgan fingerprint density at radius 1 is 0.619 bits per heavy atom. The van der Waals surface area contributed by atoms with Crippen LogP contribution in [0.3, 0.4) is 0 Å². The summed E-state index contributed by atoms with van der Waals surface area (Å²) in [7, 11) is -5.07. The highest BCUT2D eigenvalue weighted by Crippen LogP contribution is 2.26. The van der Waals surface area contributed by atoms with E-state index in [-0.39, 0.29) is 19.6 Å². The molecule has 1 aliphatic heterocycles. The molecular weight excluding hydrogens is 825 g/mol. The van der Waals surface area contributed by atoms with Crippen molar-refractivity contribution in [2.75, 3.05) is 26.4 Å². The van der Waals surface area contributed by atoms with Crippen LogP contribution in [0, 0.1) is 0 Å². The summed E-state index contributed by atoms with van der Waals surface area (Å²) < 4.78 is 59.1. The second-order valence-corrected chi connectivity index (χ2v) is 17.4. The van der Waals surface area contributed by atoms with Gasteiger partial charge in [0, 0.05) is 13.0 Å². The monoisotopic (exact) mass is 911 g/mol. The zero-order valence-corrected chi connectivity index (χ0v) is 39.7. The van der Waals surface area contributed by atoms with Gasteiger partial charge in [0.15, 0.2) is 6.29 Å². The molecule has 0 amide bonds. The smallest absolute Gasteiger partial charge is 0.397 e. The molecular formula is C50H86O12S. The topological polar surface area (TPSA) is 178 Å². The molecule has 63 heavy (non-hydrogen) atoms. The molecule has 12 nitrogen and oxygen atoms in total. The van der Waals surface area contributed by atoms with Gasteiger partial charge in [-0.3, -0.25) is 9.35 Å². The Balaban J connectivity index is 2.42. The van der Waals surface area contributed by atoms with E-state index in [1.165, 1.54) is 64.2 Å². The highest BCUT2D eigenvalue weighted by Gasteiger charge is 2.48. The van der Waals surface area contributed by atoms with Gasteiger partial charge in [-0.2, -0.15) is 8.42 Å². The van der Waals surface area contributed by atoms with Crippen molar-refractivity contribution in [1.29, 1.82) is 0 Å². The van der Waals surface area contributed by atoms with Crippen LogP contribution in [0.2, 0.25) is 0 Å². The molecule has 0 bridgehead atoms. The fourth-order valence-electron chi connectivity index (χ4n) is 6.93. The molecule has 0 aromatic carbocycles. The second kappa shape index (κ2) is 41.0. The molecule has 1 fully saturated rings. The van der Waals surface area contributed by atoms with Gasteiger partial charge in [0.2, 0.25) is 0 Å². The summed E-state index contributed by atoms with van der Waals surface area (Å²) in [5.74, 6) is -0.427. The molecule has 1 aliphatic rings. The zero-order valence-electron chi connectivity index (χ0n) is 38.9. The van der Waals surface area contributed by atoms with Crippen molar-refractivity contribution < 1.29 is 56.2 Å². The van der Waals surface area contributed by atoms with Crippen LogP contribution in [-0.4, -0.2) is 97.5 Å². The molecule has 4 N–H and O–H groups in total. The first-order valence-corrected chi connectivity index (χ1v) is 25.6. The van der Waals surface area contributed by atoms with Crippen LogP contribution in [0.4, 0.5) is 0 Å². The summed E-state index contributed by atoms with van der Waals surface area (Å²) in [5, 5.41) is 30.7. The molecule has 0 saturated carbocycles. The first kappa shape index (κ1) is 58.6. The van der Waals surface area contributed by atoms with Crippen LogP contribution >= 0.6 is 0 Å². The predicted octanol–water partition coefficient (Wildman–Crippen LogP) is 10.7. The molecule has 1 heterocycles. The maximum atomic E-state index is 12.9. The number of rotatable bonds is 41. The molecule has 13 heteroatoms. The molecule has 0 aromatic rings. The number of carbonyl (C=O) groups excluding carboxylic acids is 1. The van der Waals surface area contributed by atoms with Crippen LogP contribution in [-0.2, 0) is 38.3 Å². The SMILES string of the molecule is CC/C=C\C/C=C\C/C=C\C/C=C\CCCCCCC(=O)OC(COCCCCCCCCCC/C=C\C/C=C\CCCCCC)COC1OC(CO)C(O)C(OS(=O)(=O)O)C1O. The lowest BCUT2D eigenvalue weighted by Crippen LogP contribution is -2.60. The number of unbranched alkanes of at least 4 members (excludes halogenated alkanes) is 16. The van der Waals surface area contributed by atoms with E-state index >= 15 is 0 Å². The number of aliphatic hydroxyl groups excluding tert-OH is 3. The Hall–Kier alpha value is -2.46.